The summed E-state index contributed by atoms with van der Waals surface area (Å²) in [6, 6.07) is 5.33. The second-order valence-electron chi connectivity index (χ2n) is 4.86. The van der Waals surface area contributed by atoms with Crippen molar-refractivity contribution in [2.24, 2.45) is 5.73 Å². The maximum absolute atomic E-state index is 12.8. The Morgan fingerprint density at radius 3 is 2.45 bits per heavy atom. The average molecular weight is 288 g/mol. The van der Waals surface area contributed by atoms with Crippen LogP contribution in [-0.2, 0) is 6.18 Å². The van der Waals surface area contributed by atoms with Gasteiger partial charge in [-0.2, -0.15) is 13.2 Å². The normalized spacial score (nSPS) is 13.8. The molecule has 0 bridgehead atoms. The second-order valence-corrected chi connectivity index (χ2v) is 4.86. The van der Waals surface area contributed by atoms with Gasteiger partial charge in [0.1, 0.15) is 0 Å². The van der Waals surface area contributed by atoms with Gasteiger partial charge in [0, 0.05) is 12.6 Å². The van der Waals surface area contributed by atoms with Crippen LogP contribution in [0.25, 0.3) is 0 Å². The third-order valence-corrected chi connectivity index (χ3v) is 3.47. The molecular formula is C15H23F3N2. The van der Waals surface area contributed by atoms with Crippen molar-refractivity contribution in [1.82, 2.24) is 4.90 Å². The molecule has 0 aromatic heterocycles. The molecule has 1 atom stereocenters. The lowest BCUT2D eigenvalue weighted by molar-refractivity contribution is -0.137. The summed E-state index contributed by atoms with van der Waals surface area (Å²) in [6.45, 7) is 6.05. The highest BCUT2D eigenvalue weighted by Gasteiger charge is 2.31. The van der Waals surface area contributed by atoms with Gasteiger partial charge in [-0.05, 0) is 37.2 Å². The van der Waals surface area contributed by atoms with Gasteiger partial charge in [-0.15, -0.1) is 0 Å². The molecule has 1 aromatic carbocycles. The Kier molecular flexibility index (Phi) is 6.49. The van der Waals surface area contributed by atoms with E-state index in [1.807, 2.05) is 6.92 Å². The first-order valence-electron chi connectivity index (χ1n) is 7.05. The molecule has 0 fully saturated rings. The fourth-order valence-electron chi connectivity index (χ4n) is 2.31. The molecule has 2 nitrogen and oxygen atoms in total. The largest absolute Gasteiger partial charge is 0.416 e. The lowest BCUT2D eigenvalue weighted by Gasteiger charge is -2.30. The van der Waals surface area contributed by atoms with Crippen molar-refractivity contribution in [3.05, 3.63) is 35.4 Å². The van der Waals surface area contributed by atoms with Crippen LogP contribution in [0.5, 0.6) is 0 Å². The molecule has 0 amide bonds. The standard InChI is InChI=1S/C15H23F3N2/c1-3-5-9-20(4-2)14(11-19)12-7-6-8-13(10-12)15(16,17)18/h6-8,10,14H,3-5,9,11,19H2,1-2H3. The first-order valence-corrected chi connectivity index (χ1v) is 7.05. The Morgan fingerprint density at radius 1 is 1.25 bits per heavy atom. The molecule has 1 unspecified atom stereocenters. The van der Waals surface area contributed by atoms with Crippen LogP contribution in [0, 0.1) is 0 Å². The van der Waals surface area contributed by atoms with E-state index in [1.54, 1.807) is 6.07 Å². The predicted octanol–water partition coefficient (Wildman–Crippen LogP) is 3.83. The van der Waals surface area contributed by atoms with Gasteiger partial charge in [-0.1, -0.05) is 32.4 Å². The maximum atomic E-state index is 12.8. The van der Waals surface area contributed by atoms with E-state index >= 15 is 0 Å². The zero-order valence-corrected chi connectivity index (χ0v) is 12.1. The third kappa shape index (κ3) is 4.49. The second kappa shape index (κ2) is 7.64. The smallest absolute Gasteiger partial charge is 0.329 e. The van der Waals surface area contributed by atoms with Crippen molar-refractivity contribution in [1.29, 1.82) is 0 Å². The van der Waals surface area contributed by atoms with E-state index in [4.69, 9.17) is 5.73 Å². The van der Waals surface area contributed by atoms with E-state index in [2.05, 4.69) is 11.8 Å². The molecule has 114 valence electrons. The number of hydrogen-bond donors (Lipinski definition) is 1. The van der Waals surface area contributed by atoms with Crippen LogP contribution in [0.4, 0.5) is 13.2 Å². The number of nitrogens with two attached hydrogens (primary N) is 1. The van der Waals surface area contributed by atoms with Gasteiger partial charge in [0.05, 0.1) is 5.56 Å². The lowest BCUT2D eigenvalue weighted by atomic mass is 10.0. The summed E-state index contributed by atoms with van der Waals surface area (Å²) >= 11 is 0. The summed E-state index contributed by atoms with van der Waals surface area (Å²) in [7, 11) is 0. The highest BCUT2D eigenvalue weighted by molar-refractivity contribution is 5.28. The van der Waals surface area contributed by atoms with Crippen molar-refractivity contribution in [3.63, 3.8) is 0 Å². The molecule has 0 saturated carbocycles. The van der Waals surface area contributed by atoms with Gasteiger partial charge in [-0.25, -0.2) is 0 Å². The van der Waals surface area contributed by atoms with Gasteiger partial charge < -0.3 is 5.73 Å². The Bertz CT molecular complexity index is 404. The SMILES string of the molecule is CCCCN(CC)C(CN)c1cccc(C(F)(F)F)c1. The Hall–Kier alpha value is -1.07. The number of hydrogen-bond acceptors (Lipinski definition) is 2. The van der Waals surface area contributed by atoms with Gasteiger partial charge in [0.25, 0.3) is 0 Å². The van der Waals surface area contributed by atoms with Gasteiger partial charge in [0.15, 0.2) is 0 Å². The van der Waals surface area contributed by atoms with Crippen molar-refractivity contribution in [2.75, 3.05) is 19.6 Å². The van der Waals surface area contributed by atoms with Crippen LogP contribution in [0.3, 0.4) is 0 Å². The topological polar surface area (TPSA) is 29.3 Å². The molecule has 0 aliphatic rings. The molecule has 2 N–H and O–H groups in total. The number of benzene rings is 1. The molecule has 0 saturated heterocycles. The summed E-state index contributed by atoms with van der Waals surface area (Å²) in [5, 5.41) is 0. The van der Waals surface area contributed by atoms with Gasteiger partial charge in [0.2, 0.25) is 0 Å². The van der Waals surface area contributed by atoms with Gasteiger partial charge >= 0.3 is 6.18 Å². The van der Waals surface area contributed by atoms with Gasteiger partial charge in [-0.3, -0.25) is 4.90 Å². The number of nitrogens with zero attached hydrogens (tertiary/aromatic N) is 1. The number of alkyl halides is 3. The maximum Gasteiger partial charge on any atom is 0.416 e. The van der Waals surface area contributed by atoms with E-state index < -0.39 is 11.7 Å². The molecular weight excluding hydrogens is 265 g/mol. The van der Waals surface area contributed by atoms with E-state index in [-0.39, 0.29) is 6.04 Å². The summed E-state index contributed by atoms with van der Waals surface area (Å²) in [6.07, 6.45) is -2.24. The monoisotopic (exact) mass is 288 g/mol. The summed E-state index contributed by atoms with van der Waals surface area (Å²) in [4.78, 5) is 2.14. The average Bonchev–Trinajstić information content (AvgIpc) is 2.42. The molecule has 5 heteroatoms. The van der Waals surface area contributed by atoms with Crippen molar-refractivity contribution in [2.45, 2.75) is 38.9 Å². The van der Waals surface area contributed by atoms with Crippen molar-refractivity contribution in [3.8, 4) is 0 Å². The predicted molar refractivity (Wildman–Crippen MR) is 75.4 cm³/mol. The van der Waals surface area contributed by atoms with Crippen LogP contribution >= 0.6 is 0 Å². The molecule has 0 aliphatic carbocycles. The van der Waals surface area contributed by atoms with Crippen LogP contribution in [0.1, 0.15) is 43.9 Å². The van der Waals surface area contributed by atoms with Crippen LogP contribution in [0.15, 0.2) is 24.3 Å². The molecule has 0 spiro atoms. The number of rotatable bonds is 7. The molecule has 1 aromatic rings. The number of halogens is 3. The summed E-state index contributed by atoms with van der Waals surface area (Å²) in [5.41, 5.74) is 5.82. The molecule has 0 radical (unpaired) electrons. The van der Waals surface area contributed by atoms with E-state index in [1.165, 1.54) is 12.1 Å². The lowest BCUT2D eigenvalue weighted by Crippen LogP contribution is -2.34. The van der Waals surface area contributed by atoms with Crippen LogP contribution < -0.4 is 5.73 Å². The first-order chi connectivity index (χ1) is 9.43. The highest BCUT2D eigenvalue weighted by atomic mass is 19.4. The molecule has 20 heavy (non-hydrogen) atoms. The Morgan fingerprint density at radius 2 is 1.95 bits per heavy atom. The first kappa shape index (κ1) is 17.0. The Balaban J connectivity index is 2.99. The van der Waals surface area contributed by atoms with Crippen LogP contribution in [0.2, 0.25) is 0 Å². The van der Waals surface area contributed by atoms with Crippen molar-refractivity contribution < 1.29 is 13.2 Å². The zero-order chi connectivity index (χ0) is 15.2. The minimum atomic E-state index is -4.31. The fourth-order valence-corrected chi connectivity index (χ4v) is 2.31. The number of likely N-dealkylation sites (N-methyl/N-ethyl adjacent to an activating group) is 1. The molecule has 0 aliphatic heterocycles. The highest BCUT2D eigenvalue weighted by Crippen LogP contribution is 2.31. The third-order valence-electron chi connectivity index (χ3n) is 3.47. The van der Waals surface area contributed by atoms with Crippen molar-refractivity contribution >= 4 is 0 Å². The van der Waals surface area contributed by atoms with E-state index in [0.29, 0.717) is 12.1 Å². The quantitative estimate of drug-likeness (QED) is 0.826. The Labute approximate surface area is 118 Å². The van der Waals surface area contributed by atoms with E-state index in [9.17, 15) is 13.2 Å². The van der Waals surface area contributed by atoms with E-state index in [0.717, 1.165) is 32.0 Å². The minimum absolute atomic E-state index is 0.158. The molecule has 1 rings (SSSR count). The summed E-state index contributed by atoms with van der Waals surface area (Å²) in [5.74, 6) is 0. The summed E-state index contributed by atoms with van der Waals surface area (Å²) < 4.78 is 38.3. The van der Waals surface area contributed by atoms with Crippen LogP contribution in [-0.4, -0.2) is 24.5 Å². The minimum Gasteiger partial charge on any atom is -0.329 e. The fraction of sp³-hybridized carbons (Fsp3) is 0.600. The number of unbranched alkanes of at least 4 members (excludes halogenated alkanes) is 1. The molecule has 0 heterocycles. The zero-order valence-electron chi connectivity index (χ0n) is 12.1.